The molecule has 7 heteroatoms. The maximum Gasteiger partial charge on any atom is 0.747 e. The molecule has 0 aliphatic carbocycles. The molecule has 0 spiro atoms. The van der Waals surface area contributed by atoms with Crippen LogP contribution in [0.1, 0.15) is 13.3 Å². The first-order chi connectivity index (χ1) is 4.66. The molecule has 0 rings (SSSR count). The van der Waals surface area contributed by atoms with Gasteiger partial charge in [-0.3, -0.25) is 0 Å². The molecule has 2 atom stereocenters. The standard InChI is InChI=1S/C3H7O5P2/c1-2-3-7-10(6)8-9(4)5/h2-3H2,1H3/q+1/p+1. The topological polar surface area (TPSA) is 72.8 Å². The van der Waals surface area contributed by atoms with Gasteiger partial charge in [-0.05, 0) is 6.42 Å². The summed E-state index contributed by atoms with van der Waals surface area (Å²) in [6.45, 7) is 2.08. The molecule has 0 radical (unpaired) electrons. The van der Waals surface area contributed by atoms with Crippen LogP contribution in [0.2, 0.25) is 0 Å². The Hall–Kier alpha value is 0.0800. The summed E-state index contributed by atoms with van der Waals surface area (Å²) in [6, 6.07) is 0. The fraction of sp³-hybridized carbons (Fsp3) is 1.00. The monoisotopic (exact) mass is 186 g/mol. The molecule has 0 bridgehead atoms. The fourth-order valence-electron chi connectivity index (χ4n) is 0.246. The Bertz CT molecular complexity index is 135. The van der Waals surface area contributed by atoms with Crippen LogP contribution in [-0.2, 0) is 18.0 Å². The predicted molar refractivity (Wildman–Crippen MR) is 34.8 cm³/mol. The summed E-state index contributed by atoms with van der Waals surface area (Å²) in [4.78, 5) is 8.05. The Labute approximate surface area is 60.2 Å². The van der Waals surface area contributed by atoms with Crippen LogP contribution in [0.4, 0.5) is 0 Å². The van der Waals surface area contributed by atoms with Crippen LogP contribution in [0, 0.1) is 0 Å². The summed E-state index contributed by atoms with van der Waals surface area (Å²) < 4.78 is 28.6. The first-order valence-corrected chi connectivity index (χ1v) is 4.83. The molecule has 0 amide bonds. The lowest BCUT2D eigenvalue weighted by atomic mass is 10.5. The highest BCUT2D eigenvalue weighted by atomic mass is 31.2. The van der Waals surface area contributed by atoms with E-state index in [2.05, 4.69) is 8.83 Å². The van der Waals surface area contributed by atoms with Gasteiger partial charge in [0.25, 0.3) is 0 Å². The summed E-state index contributed by atoms with van der Waals surface area (Å²) in [6.07, 6.45) is 0.687. The van der Waals surface area contributed by atoms with Gasteiger partial charge in [0.05, 0.1) is 0 Å². The Morgan fingerprint density at radius 2 is 2.10 bits per heavy atom. The Kier molecular flexibility index (Phi) is 5.88. The van der Waals surface area contributed by atoms with Gasteiger partial charge in [-0.25, -0.2) is 0 Å². The molecule has 0 aromatic carbocycles. The maximum absolute atomic E-state index is 10.4. The predicted octanol–water partition coefficient (Wildman–Crippen LogP) is 1.74. The molecule has 1 N–H and O–H groups in total. The van der Waals surface area contributed by atoms with Gasteiger partial charge in [-0.15, -0.1) is 9.42 Å². The van der Waals surface area contributed by atoms with Crippen molar-refractivity contribution in [1.82, 2.24) is 0 Å². The molecular formula is C3H8O5P2+2. The van der Waals surface area contributed by atoms with E-state index in [0.29, 0.717) is 6.42 Å². The minimum atomic E-state index is -2.82. The van der Waals surface area contributed by atoms with Crippen molar-refractivity contribution in [2.24, 2.45) is 0 Å². The van der Waals surface area contributed by atoms with Crippen molar-refractivity contribution in [3.63, 3.8) is 0 Å². The lowest BCUT2D eigenvalue weighted by Gasteiger charge is -1.77. The second kappa shape index (κ2) is 5.83. The van der Waals surface area contributed by atoms with Crippen molar-refractivity contribution >= 4 is 16.5 Å². The van der Waals surface area contributed by atoms with Gasteiger partial charge in [0, 0.05) is 9.13 Å². The number of hydrogen-bond acceptors (Lipinski definition) is 4. The minimum absolute atomic E-state index is 0.262. The highest BCUT2D eigenvalue weighted by Crippen LogP contribution is 2.35. The molecule has 0 aromatic rings. The zero-order valence-corrected chi connectivity index (χ0v) is 7.18. The van der Waals surface area contributed by atoms with E-state index in [0.717, 1.165) is 0 Å². The third-order valence-electron chi connectivity index (χ3n) is 0.537. The van der Waals surface area contributed by atoms with Crippen molar-refractivity contribution in [3.8, 4) is 0 Å². The second-order valence-corrected chi connectivity index (χ2v) is 3.21. The van der Waals surface area contributed by atoms with Crippen molar-refractivity contribution < 1.29 is 22.9 Å². The molecule has 10 heavy (non-hydrogen) atoms. The summed E-state index contributed by atoms with van der Waals surface area (Å²) in [7, 11) is -5.22. The number of hydrogen-bond donors (Lipinski definition) is 1. The van der Waals surface area contributed by atoms with Crippen LogP contribution in [0.5, 0.6) is 0 Å². The molecule has 0 aliphatic rings. The average Bonchev–Trinajstić information content (AvgIpc) is 1.82. The van der Waals surface area contributed by atoms with E-state index >= 15 is 0 Å². The van der Waals surface area contributed by atoms with Crippen LogP contribution in [-0.4, -0.2) is 11.5 Å². The fourth-order valence-corrected chi connectivity index (χ4v) is 1.22. The lowest BCUT2D eigenvalue weighted by molar-refractivity contribution is 0.280. The van der Waals surface area contributed by atoms with Crippen LogP contribution < -0.4 is 0 Å². The van der Waals surface area contributed by atoms with Gasteiger partial charge in [0.15, 0.2) is 4.31 Å². The van der Waals surface area contributed by atoms with Gasteiger partial charge in [-0.1, -0.05) is 6.92 Å². The van der Waals surface area contributed by atoms with Gasteiger partial charge < -0.3 is 0 Å². The lowest BCUT2D eigenvalue weighted by Crippen LogP contribution is -1.81. The third-order valence-corrected chi connectivity index (χ3v) is 2.02. The van der Waals surface area contributed by atoms with Crippen molar-refractivity contribution in [2.45, 2.75) is 13.3 Å². The largest absolute Gasteiger partial charge is 0.747 e. The SMILES string of the molecule is CCCO[P+](=O)O[P+](=O)O. The highest BCUT2D eigenvalue weighted by molar-refractivity contribution is 7.47. The maximum atomic E-state index is 10.4. The summed E-state index contributed by atoms with van der Waals surface area (Å²) in [5.41, 5.74) is 0. The Balaban J connectivity index is 3.35. The van der Waals surface area contributed by atoms with Crippen molar-refractivity contribution in [2.75, 3.05) is 6.61 Å². The molecule has 0 fully saturated rings. The van der Waals surface area contributed by atoms with E-state index in [9.17, 15) is 9.13 Å². The Morgan fingerprint density at radius 1 is 1.50 bits per heavy atom. The second-order valence-electron chi connectivity index (χ2n) is 1.38. The molecule has 2 unspecified atom stereocenters. The van der Waals surface area contributed by atoms with Gasteiger partial charge in [0.1, 0.15) is 6.61 Å². The van der Waals surface area contributed by atoms with Crippen LogP contribution in [0.3, 0.4) is 0 Å². The first-order valence-electron chi connectivity index (χ1n) is 2.61. The molecule has 5 nitrogen and oxygen atoms in total. The normalized spacial score (nSPS) is 13.0. The molecule has 0 saturated carbocycles. The summed E-state index contributed by atoms with van der Waals surface area (Å²) >= 11 is 0. The van der Waals surface area contributed by atoms with E-state index in [1.807, 2.05) is 6.92 Å². The van der Waals surface area contributed by atoms with Crippen LogP contribution in [0.25, 0.3) is 0 Å². The smallest absolute Gasteiger partial charge is 0.131 e. The Morgan fingerprint density at radius 3 is 2.50 bits per heavy atom. The molecule has 0 aliphatic heterocycles. The van der Waals surface area contributed by atoms with Gasteiger partial charge in [0.2, 0.25) is 0 Å². The summed E-state index contributed by atoms with van der Waals surface area (Å²) in [5.74, 6) is 0. The van der Waals surface area contributed by atoms with E-state index in [-0.39, 0.29) is 6.61 Å². The molecule has 0 heterocycles. The summed E-state index contributed by atoms with van der Waals surface area (Å²) in [5, 5.41) is 0. The zero-order valence-electron chi connectivity index (χ0n) is 5.39. The molecule has 0 saturated heterocycles. The van der Waals surface area contributed by atoms with E-state index in [1.165, 1.54) is 0 Å². The quantitative estimate of drug-likeness (QED) is 0.662. The molecule has 0 aromatic heterocycles. The average molecular weight is 186 g/mol. The minimum Gasteiger partial charge on any atom is -0.131 e. The van der Waals surface area contributed by atoms with Gasteiger partial charge >= 0.3 is 16.5 Å². The van der Waals surface area contributed by atoms with Crippen LogP contribution >= 0.6 is 16.5 Å². The highest BCUT2D eigenvalue weighted by Gasteiger charge is 2.35. The molecular weight excluding hydrogens is 178 g/mol. The first kappa shape index (κ1) is 10.1. The van der Waals surface area contributed by atoms with Crippen molar-refractivity contribution in [1.29, 1.82) is 0 Å². The molecule has 58 valence electrons. The van der Waals surface area contributed by atoms with Crippen LogP contribution in [0.15, 0.2) is 0 Å². The third kappa shape index (κ3) is 6.20. The van der Waals surface area contributed by atoms with Gasteiger partial charge in [-0.2, -0.15) is 0 Å². The van der Waals surface area contributed by atoms with E-state index in [4.69, 9.17) is 4.89 Å². The number of rotatable bonds is 5. The zero-order chi connectivity index (χ0) is 7.98. The van der Waals surface area contributed by atoms with E-state index < -0.39 is 16.5 Å². The van der Waals surface area contributed by atoms with E-state index in [1.54, 1.807) is 0 Å². The van der Waals surface area contributed by atoms with Crippen molar-refractivity contribution in [3.05, 3.63) is 0 Å².